The molecule has 0 spiro atoms. The normalized spacial score (nSPS) is 26.9. The Morgan fingerprint density at radius 1 is 1.02 bits per heavy atom. The number of hydrogen-bond donors (Lipinski definition) is 2. The van der Waals surface area contributed by atoms with E-state index in [1.165, 1.54) is 27.6 Å². The fraction of sp³-hybridized carbons (Fsp3) is 0.634. The maximum Gasteiger partial charge on any atom is 0.414 e. The van der Waals surface area contributed by atoms with Crippen LogP contribution in [0.25, 0.3) is 21.5 Å². The first-order chi connectivity index (χ1) is 24.5. The number of aryl methyl sites for hydroxylation is 1. The Labute approximate surface area is 306 Å². The van der Waals surface area contributed by atoms with Gasteiger partial charge in [0.15, 0.2) is 0 Å². The number of aromatic nitrogens is 1. The number of aliphatic imine (C=N–C) groups is 1. The van der Waals surface area contributed by atoms with Gasteiger partial charge in [0.25, 0.3) is 0 Å². The number of carbonyl (C=O) groups excluding carboxylic acids is 2. The maximum atomic E-state index is 14.1. The minimum Gasteiger partial charge on any atom is -0.447 e. The maximum absolute atomic E-state index is 14.1. The highest BCUT2D eigenvalue weighted by Gasteiger charge is 2.47. The van der Waals surface area contributed by atoms with Crippen LogP contribution in [-0.2, 0) is 19.7 Å². The number of ether oxygens (including phenoxy) is 2. The second-order valence-corrected chi connectivity index (χ2v) is 17.8. The number of nitrogens with one attached hydrogen (secondary N) is 2. The van der Waals surface area contributed by atoms with Gasteiger partial charge < -0.3 is 24.3 Å². The third-order valence-electron chi connectivity index (χ3n) is 12.6. The first kappa shape index (κ1) is 34.7. The minimum atomic E-state index is -0.605. The van der Waals surface area contributed by atoms with Gasteiger partial charge >= 0.3 is 6.09 Å². The SMILES string of the molecule is Cc1cc2cc(c1)C1CC(C3CCOCC3)CCN1C(NC(=O)OC(C)C)=NC[C@@H](C)c1c-2[nH]c2sc(C(C)(C)C(=O)N3C4CCC3CC4)cc12. The molecule has 2 N–H and O–H groups in total. The van der Waals surface area contributed by atoms with Gasteiger partial charge in [-0.15, -0.1) is 11.3 Å². The molecular weight excluding hydrogens is 659 g/mol. The van der Waals surface area contributed by atoms with E-state index in [9.17, 15) is 9.59 Å². The quantitative estimate of drug-likeness (QED) is 0.283. The highest BCUT2D eigenvalue weighted by atomic mass is 32.1. The molecule has 274 valence electrons. The molecule has 51 heavy (non-hydrogen) atoms. The van der Waals surface area contributed by atoms with E-state index in [1.807, 2.05) is 13.8 Å². The van der Waals surface area contributed by atoms with E-state index in [4.69, 9.17) is 14.5 Å². The highest BCUT2D eigenvalue weighted by molar-refractivity contribution is 7.19. The van der Waals surface area contributed by atoms with Crippen molar-refractivity contribution in [3.8, 4) is 11.3 Å². The molecule has 0 aliphatic carbocycles. The Kier molecular flexibility index (Phi) is 9.22. The van der Waals surface area contributed by atoms with Gasteiger partial charge in [-0.2, -0.15) is 0 Å². The third-order valence-corrected chi connectivity index (χ3v) is 13.9. The summed E-state index contributed by atoms with van der Waals surface area (Å²) in [6, 6.07) is 10.1. The lowest BCUT2D eigenvalue weighted by Gasteiger charge is -2.44. The molecule has 0 radical (unpaired) electrons. The number of amides is 2. The summed E-state index contributed by atoms with van der Waals surface area (Å²) < 4.78 is 11.3. The average Bonchev–Trinajstić information content (AvgIpc) is 3.89. The van der Waals surface area contributed by atoms with E-state index < -0.39 is 11.5 Å². The van der Waals surface area contributed by atoms with Crippen molar-refractivity contribution in [2.75, 3.05) is 26.3 Å². The number of thiophene rings is 1. The number of carbonyl (C=O) groups is 2. The second kappa shape index (κ2) is 13.6. The third kappa shape index (κ3) is 6.38. The van der Waals surface area contributed by atoms with Crippen LogP contribution in [-0.4, -0.2) is 77.2 Å². The first-order valence-corrected chi connectivity index (χ1v) is 20.3. The standard InChI is InChI=1S/C41H55N5O4S/c1-23(2)50-40(48)44-39-42-22-25(4)35-32-21-34(41(5,6)38(47)46-30-7-8-31(46)10-9-30)51-37(32)43-36(35)29-18-24(3)17-28(19-29)33-20-27(11-14-45(33)39)26-12-15-49-16-13-26/h17-19,21,23,25-27,30-31,33,43H,7-16,20,22H2,1-6H3,(H,42,44,48)/t25-,27?,30?,31?,33?/m1/s1. The Morgan fingerprint density at radius 3 is 2.45 bits per heavy atom. The van der Waals surface area contributed by atoms with E-state index >= 15 is 0 Å². The van der Waals surface area contributed by atoms with Gasteiger partial charge in [-0.3, -0.25) is 15.1 Å². The molecule has 0 saturated carbocycles. The molecule has 9 nitrogen and oxygen atoms in total. The Bertz CT molecular complexity index is 1820. The average molecular weight is 714 g/mol. The number of aromatic amines is 1. The second-order valence-electron chi connectivity index (χ2n) is 16.8. The summed E-state index contributed by atoms with van der Waals surface area (Å²) in [5.41, 5.74) is 5.40. The fourth-order valence-electron chi connectivity index (χ4n) is 9.90. The van der Waals surface area contributed by atoms with Gasteiger partial charge in [0.1, 0.15) is 4.83 Å². The van der Waals surface area contributed by atoms with Crippen LogP contribution < -0.4 is 5.32 Å². The van der Waals surface area contributed by atoms with Crippen LogP contribution >= 0.6 is 11.3 Å². The van der Waals surface area contributed by atoms with Crippen molar-refractivity contribution in [3.63, 3.8) is 0 Å². The molecule has 4 saturated heterocycles. The lowest BCUT2D eigenvalue weighted by atomic mass is 9.76. The summed E-state index contributed by atoms with van der Waals surface area (Å²) in [6.07, 6.45) is 8.14. The molecule has 10 heteroatoms. The molecule has 7 heterocycles. The summed E-state index contributed by atoms with van der Waals surface area (Å²) in [5, 5.41) is 4.27. The van der Waals surface area contributed by atoms with Crippen molar-refractivity contribution in [2.24, 2.45) is 16.8 Å². The number of alkyl carbamates (subject to hydrolysis) is 1. The molecule has 5 aliphatic rings. The van der Waals surface area contributed by atoms with Crippen molar-refractivity contribution < 1.29 is 19.1 Å². The summed E-state index contributed by atoms with van der Waals surface area (Å²) in [4.78, 5) is 43.2. The van der Waals surface area contributed by atoms with E-state index in [2.05, 4.69) is 72.1 Å². The molecular formula is C41H55N5O4S. The summed E-state index contributed by atoms with van der Waals surface area (Å²) in [7, 11) is 0. The van der Waals surface area contributed by atoms with E-state index in [0.29, 0.717) is 36.4 Å². The van der Waals surface area contributed by atoms with Crippen LogP contribution in [0.5, 0.6) is 0 Å². The molecule has 4 fully saturated rings. The Balaban J connectivity index is 1.21. The number of nitrogens with zero attached hydrogens (tertiary/aromatic N) is 3. The van der Waals surface area contributed by atoms with E-state index in [0.717, 1.165) is 86.5 Å². The number of rotatable bonds is 4. The summed E-state index contributed by atoms with van der Waals surface area (Å²) in [5.74, 6) is 2.14. The van der Waals surface area contributed by atoms with Crippen molar-refractivity contribution in [1.29, 1.82) is 0 Å². The van der Waals surface area contributed by atoms with Gasteiger partial charge in [0.05, 0.1) is 23.3 Å². The number of piperidine rings is 1. The molecule has 1 aromatic carbocycles. The molecule has 5 aliphatic heterocycles. The fourth-order valence-corrected chi connectivity index (χ4v) is 11.1. The van der Waals surface area contributed by atoms with Crippen LogP contribution in [0.4, 0.5) is 4.79 Å². The van der Waals surface area contributed by atoms with Crippen molar-refractivity contribution in [2.45, 2.75) is 128 Å². The van der Waals surface area contributed by atoms with Gasteiger partial charge in [-0.25, -0.2) is 4.79 Å². The largest absolute Gasteiger partial charge is 0.447 e. The van der Waals surface area contributed by atoms with Crippen molar-refractivity contribution in [1.82, 2.24) is 20.1 Å². The predicted molar refractivity (Wildman–Crippen MR) is 203 cm³/mol. The number of H-pyrrole nitrogens is 1. The van der Waals surface area contributed by atoms with Crippen LogP contribution in [0.1, 0.15) is 120 Å². The van der Waals surface area contributed by atoms with Crippen molar-refractivity contribution >= 4 is 39.5 Å². The van der Waals surface area contributed by atoms with Crippen LogP contribution in [0, 0.1) is 18.8 Å². The minimum absolute atomic E-state index is 0.0441. The van der Waals surface area contributed by atoms with Crippen LogP contribution in [0.15, 0.2) is 29.3 Å². The number of guanidine groups is 1. The number of hydrogen-bond acceptors (Lipinski definition) is 7. The van der Waals surface area contributed by atoms with E-state index in [1.54, 1.807) is 11.3 Å². The Morgan fingerprint density at radius 2 is 1.75 bits per heavy atom. The zero-order valence-corrected chi connectivity index (χ0v) is 32.0. The molecule has 3 aromatic rings. The van der Waals surface area contributed by atoms with E-state index in [-0.39, 0.29) is 24.0 Å². The summed E-state index contributed by atoms with van der Waals surface area (Å²) in [6.45, 7) is 15.4. The monoisotopic (exact) mass is 713 g/mol. The molecule has 2 amide bonds. The molecule has 3 atom stereocenters. The highest BCUT2D eigenvalue weighted by Crippen LogP contribution is 2.47. The van der Waals surface area contributed by atoms with Gasteiger partial charge in [0.2, 0.25) is 11.9 Å². The van der Waals surface area contributed by atoms with Crippen LogP contribution in [0.3, 0.4) is 0 Å². The smallest absolute Gasteiger partial charge is 0.414 e. The van der Waals surface area contributed by atoms with Gasteiger partial charge in [-0.05, 0) is 133 Å². The molecule has 4 bridgehead atoms. The Hall–Kier alpha value is -3.37. The molecule has 2 unspecified atom stereocenters. The van der Waals surface area contributed by atoms with Crippen LogP contribution in [0.2, 0.25) is 0 Å². The molecule has 2 aromatic heterocycles. The zero-order chi connectivity index (χ0) is 35.6. The van der Waals surface area contributed by atoms with Gasteiger partial charge in [-0.1, -0.05) is 18.6 Å². The first-order valence-electron chi connectivity index (χ1n) is 19.4. The summed E-state index contributed by atoms with van der Waals surface area (Å²) >= 11 is 1.73. The number of fused-ring (bicyclic) bond motifs is 10. The van der Waals surface area contributed by atoms with Crippen molar-refractivity contribution in [3.05, 3.63) is 45.8 Å². The topological polar surface area (TPSA) is 99.3 Å². The zero-order valence-electron chi connectivity index (χ0n) is 31.2. The lowest BCUT2D eigenvalue weighted by molar-refractivity contribution is -0.137. The number of benzene rings is 1. The molecule has 8 rings (SSSR count). The predicted octanol–water partition coefficient (Wildman–Crippen LogP) is 8.42. The van der Waals surface area contributed by atoms with Gasteiger partial charge in [0, 0.05) is 54.6 Å². The lowest BCUT2D eigenvalue weighted by Crippen LogP contribution is -2.50.